The Kier molecular flexibility index (Phi) is 7.95. The highest BCUT2D eigenvalue weighted by molar-refractivity contribution is 5.79. The highest BCUT2D eigenvalue weighted by atomic mass is 15.2. The molecule has 0 aromatic heterocycles. The summed E-state index contributed by atoms with van der Waals surface area (Å²) in [5, 5.41) is 6.71. The topological polar surface area (TPSA) is 39.7 Å². The van der Waals surface area contributed by atoms with E-state index < -0.39 is 0 Å². The third-order valence-electron chi connectivity index (χ3n) is 4.38. The maximum Gasteiger partial charge on any atom is 0.191 e. The van der Waals surface area contributed by atoms with Crippen LogP contribution in [0.1, 0.15) is 50.2 Å². The van der Waals surface area contributed by atoms with Crippen LogP contribution in [0.3, 0.4) is 0 Å². The summed E-state index contributed by atoms with van der Waals surface area (Å²) in [6.07, 6.45) is 6.47. The second-order valence-corrected chi connectivity index (χ2v) is 6.36. The number of hydrogen-bond acceptors (Lipinski definition) is 2. The van der Waals surface area contributed by atoms with Crippen LogP contribution in [0.4, 0.5) is 0 Å². The Morgan fingerprint density at radius 1 is 1.04 bits per heavy atom. The molecular formula is C19H32N4. The third kappa shape index (κ3) is 6.61. The lowest BCUT2D eigenvalue weighted by molar-refractivity contribution is 0.221. The number of nitrogens with one attached hydrogen (secondary N) is 2. The quantitative estimate of drug-likeness (QED) is 0.461. The summed E-state index contributed by atoms with van der Waals surface area (Å²) in [5.74, 6) is 0.885. The van der Waals surface area contributed by atoms with Gasteiger partial charge >= 0.3 is 0 Å². The Hall–Kier alpha value is -1.55. The van der Waals surface area contributed by atoms with Crippen molar-refractivity contribution in [2.45, 2.75) is 52.1 Å². The van der Waals surface area contributed by atoms with Crippen LogP contribution in [0.15, 0.2) is 29.3 Å². The fourth-order valence-corrected chi connectivity index (χ4v) is 2.93. The van der Waals surface area contributed by atoms with Crippen molar-refractivity contribution in [3.05, 3.63) is 35.4 Å². The van der Waals surface area contributed by atoms with E-state index in [1.807, 2.05) is 7.05 Å². The molecule has 1 aliphatic heterocycles. The second kappa shape index (κ2) is 10.3. The molecule has 4 heteroatoms. The SMILES string of the molecule is CCCCNC(=NC)NCc1ccc(CN2CCCCC2)cc1. The number of likely N-dealkylation sites (tertiary alicyclic amines) is 1. The van der Waals surface area contributed by atoms with Gasteiger partial charge in [0.05, 0.1) is 0 Å². The Labute approximate surface area is 141 Å². The van der Waals surface area contributed by atoms with Crippen LogP contribution in [0.25, 0.3) is 0 Å². The predicted octanol–water partition coefficient (Wildman–Crippen LogP) is 3.14. The van der Waals surface area contributed by atoms with E-state index in [-0.39, 0.29) is 0 Å². The minimum absolute atomic E-state index is 0.815. The highest BCUT2D eigenvalue weighted by Crippen LogP contribution is 2.13. The van der Waals surface area contributed by atoms with Gasteiger partial charge in [-0.2, -0.15) is 0 Å². The van der Waals surface area contributed by atoms with Crippen molar-refractivity contribution in [2.75, 3.05) is 26.7 Å². The van der Waals surface area contributed by atoms with Crippen molar-refractivity contribution >= 4 is 5.96 Å². The first kappa shape index (κ1) is 17.8. The molecule has 1 aromatic carbocycles. The molecule has 1 saturated heterocycles. The summed E-state index contributed by atoms with van der Waals surface area (Å²) < 4.78 is 0. The van der Waals surface area contributed by atoms with E-state index in [0.717, 1.165) is 25.6 Å². The first-order chi connectivity index (χ1) is 11.3. The molecule has 2 N–H and O–H groups in total. The van der Waals surface area contributed by atoms with Crippen molar-refractivity contribution in [3.8, 4) is 0 Å². The van der Waals surface area contributed by atoms with E-state index in [2.05, 4.69) is 51.7 Å². The van der Waals surface area contributed by atoms with Crippen molar-refractivity contribution < 1.29 is 0 Å². The highest BCUT2D eigenvalue weighted by Gasteiger charge is 2.10. The average Bonchev–Trinajstić information content (AvgIpc) is 2.60. The lowest BCUT2D eigenvalue weighted by Gasteiger charge is -2.26. The minimum atomic E-state index is 0.815. The van der Waals surface area contributed by atoms with Gasteiger partial charge in [0.25, 0.3) is 0 Å². The number of unbranched alkanes of at least 4 members (excludes halogenated alkanes) is 1. The summed E-state index contributed by atoms with van der Waals surface area (Å²) in [5.41, 5.74) is 2.71. The molecule has 128 valence electrons. The van der Waals surface area contributed by atoms with Crippen molar-refractivity contribution in [1.29, 1.82) is 0 Å². The van der Waals surface area contributed by atoms with Crippen LogP contribution in [0.5, 0.6) is 0 Å². The molecule has 4 nitrogen and oxygen atoms in total. The van der Waals surface area contributed by atoms with Crippen LogP contribution < -0.4 is 10.6 Å². The molecule has 1 fully saturated rings. The molecule has 23 heavy (non-hydrogen) atoms. The molecule has 0 radical (unpaired) electrons. The largest absolute Gasteiger partial charge is 0.356 e. The van der Waals surface area contributed by atoms with Gasteiger partial charge in [-0.1, -0.05) is 44.0 Å². The van der Waals surface area contributed by atoms with Crippen LogP contribution in [-0.4, -0.2) is 37.5 Å². The Balaban J connectivity index is 1.75. The van der Waals surface area contributed by atoms with Gasteiger partial charge in [-0.25, -0.2) is 0 Å². The molecule has 1 aliphatic rings. The molecule has 0 spiro atoms. The third-order valence-corrected chi connectivity index (χ3v) is 4.38. The van der Waals surface area contributed by atoms with Crippen molar-refractivity contribution in [3.63, 3.8) is 0 Å². The number of aliphatic imine (C=N–C) groups is 1. The van der Waals surface area contributed by atoms with Crippen molar-refractivity contribution in [2.24, 2.45) is 4.99 Å². The minimum Gasteiger partial charge on any atom is -0.356 e. The number of benzene rings is 1. The van der Waals surface area contributed by atoms with Gasteiger partial charge in [0.1, 0.15) is 0 Å². The molecule has 0 saturated carbocycles. The number of guanidine groups is 1. The van der Waals surface area contributed by atoms with Crippen LogP contribution in [0.2, 0.25) is 0 Å². The molecule has 0 atom stereocenters. The molecule has 0 aliphatic carbocycles. The van der Waals surface area contributed by atoms with E-state index in [1.54, 1.807) is 0 Å². The van der Waals surface area contributed by atoms with Gasteiger partial charge < -0.3 is 10.6 Å². The average molecular weight is 316 g/mol. The zero-order valence-corrected chi connectivity index (χ0v) is 14.8. The first-order valence-electron chi connectivity index (χ1n) is 9.06. The predicted molar refractivity (Wildman–Crippen MR) is 98.7 cm³/mol. The van der Waals surface area contributed by atoms with Gasteiger partial charge in [0.2, 0.25) is 0 Å². The van der Waals surface area contributed by atoms with Gasteiger partial charge in [-0.3, -0.25) is 9.89 Å². The summed E-state index contributed by atoms with van der Waals surface area (Å²) in [6.45, 7) is 7.59. The van der Waals surface area contributed by atoms with Crippen molar-refractivity contribution in [1.82, 2.24) is 15.5 Å². The van der Waals surface area contributed by atoms with E-state index >= 15 is 0 Å². The van der Waals surface area contributed by atoms with Crippen LogP contribution >= 0.6 is 0 Å². The van der Waals surface area contributed by atoms with Gasteiger partial charge in [-0.15, -0.1) is 0 Å². The van der Waals surface area contributed by atoms with Gasteiger partial charge in [0, 0.05) is 26.7 Å². The fraction of sp³-hybridized carbons (Fsp3) is 0.632. The monoisotopic (exact) mass is 316 g/mol. The summed E-state index contributed by atoms with van der Waals surface area (Å²) in [4.78, 5) is 6.82. The van der Waals surface area contributed by atoms with Crippen LogP contribution in [-0.2, 0) is 13.1 Å². The standard InChI is InChI=1S/C19H32N4/c1-3-4-12-21-19(20-2)22-15-17-8-10-18(11-9-17)16-23-13-6-5-7-14-23/h8-11H,3-7,12-16H2,1-2H3,(H2,20,21,22). The molecule has 0 bridgehead atoms. The lowest BCUT2D eigenvalue weighted by Crippen LogP contribution is -2.37. The number of rotatable bonds is 7. The maximum atomic E-state index is 4.26. The lowest BCUT2D eigenvalue weighted by atomic mass is 10.1. The number of hydrogen-bond donors (Lipinski definition) is 2. The Morgan fingerprint density at radius 2 is 1.74 bits per heavy atom. The first-order valence-corrected chi connectivity index (χ1v) is 9.06. The van der Waals surface area contributed by atoms with Gasteiger partial charge in [0.15, 0.2) is 5.96 Å². The summed E-state index contributed by atoms with van der Waals surface area (Å²) in [6, 6.07) is 8.98. The molecular weight excluding hydrogens is 284 g/mol. The maximum absolute atomic E-state index is 4.26. The zero-order chi connectivity index (χ0) is 16.3. The van der Waals surface area contributed by atoms with E-state index in [0.29, 0.717) is 0 Å². The summed E-state index contributed by atoms with van der Waals surface area (Å²) in [7, 11) is 1.82. The molecule has 1 heterocycles. The molecule has 1 aromatic rings. The molecule has 0 unspecified atom stereocenters. The van der Waals surface area contributed by atoms with E-state index in [9.17, 15) is 0 Å². The normalized spacial score (nSPS) is 16.3. The van der Waals surface area contributed by atoms with Gasteiger partial charge in [-0.05, 0) is 43.5 Å². The number of piperidine rings is 1. The smallest absolute Gasteiger partial charge is 0.191 e. The van der Waals surface area contributed by atoms with E-state index in [4.69, 9.17) is 0 Å². The fourth-order valence-electron chi connectivity index (χ4n) is 2.93. The zero-order valence-electron chi connectivity index (χ0n) is 14.8. The second-order valence-electron chi connectivity index (χ2n) is 6.36. The summed E-state index contributed by atoms with van der Waals surface area (Å²) >= 11 is 0. The van der Waals surface area contributed by atoms with E-state index in [1.165, 1.54) is 56.3 Å². The molecule has 2 rings (SSSR count). The Morgan fingerprint density at radius 3 is 2.39 bits per heavy atom. The van der Waals surface area contributed by atoms with Crippen LogP contribution in [0, 0.1) is 0 Å². The Bertz CT molecular complexity index is 461. The number of nitrogens with zero attached hydrogens (tertiary/aromatic N) is 2. The molecule has 0 amide bonds.